The van der Waals surface area contributed by atoms with Crippen molar-refractivity contribution in [2.75, 3.05) is 18.6 Å². The van der Waals surface area contributed by atoms with Crippen LogP contribution in [0.4, 0.5) is 11.4 Å². The van der Waals surface area contributed by atoms with Gasteiger partial charge in [-0.25, -0.2) is 0 Å². The van der Waals surface area contributed by atoms with E-state index in [1.807, 2.05) is 0 Å². The molecule has 8 heteroatoms. The molecule has 2 amide bonds. The normalized spacial score (nSPS) is 16.4. The van der Waals surface area contributed by atoms with E-state index in [1.165, 1.54) is 24.3 Å². The van der Waals surface area contributed by atoms with Gasteiger partial charge in [0.1, 0.15) is 5.75 Å². The van der Waals surface area contributed by atoms with Crippen LogP contribution in [-0.2, 0) is 4.79 Å². The van der Waals surface area contributed by atoms with Crippen molar-refractivity contribution in [3.05, 3.63) is 64.2 Å². The van der Waals surface area contributed by atoms with Crippen molar-refractivity contribution in [2.45, 2.75) is 12.5 Å². The number of hydrogen-bond donors (Lipinski definition) is 1. The number of benzene rings is 2. The molecule has 1 aliphatic heterocycles. The molecule has 0 saturated carbocycles. The first-order valence-electron chi connectivity index (χ1n) is 7.97. The molecule has 0 radical (unpaired) electrons. The number of nitrogens with zero attached hydrogens (tertiary/aromatic N) is 2. The van der Waals surface area contributed by atoms with Crippen LogP contribution in [0.2, 0.25) is 0 Å². The van der Waals surface area contributed by atoms with Crippen LogP contribution in [0.5, 0.6) is 5.75 Å². The SMILES string of the molecule is COc1cccc(N2CC(NC(=O)c3ccc([N+](=O)[O-])cc3)CC2=O)c1. The van der Waals surface area contributed by atoms with Crippen molar-refractivity contribution >= 4 is 23.2 Å². The maximum Gasteiger partial charge on any atom is 0.269 e. The molecule has 0 aliphatic carbocycles. The Balaban J connectivity index is 1.66. The third kappa shape index (κ3) is 3.64. The van der Waals surface area contributed by atoms with Crippen LogP contribution in [0.3, 0.4) is 0 Å². The van der Waals surface area contributed by atoms with E-state index in [1.54, 1.807) is 36.3 Å². The largest absolute Gasteiger partial charge is 0.497 e. The number of methoxy groups -OCH3 is 1. The molecule has 0 spiro atoms. The number of hydrogen-bond acceptors (Lipinski definition) is 5. The van der Waals surface area contributed by atoms with E-state index in [4.69, 9.17) is 4.74 Å². The first-order chi connectivity index (χ1) is 12.5. The van der Waals surface area contributed by atoms with Crippen molar-refractivity contribution in [3.8, 4) is 5.75 Å². The summed E-state index contributed by atoms with van der Waals surface area (Å²) in [5, 5.41) is 13.5. The molecule has 0 bridgehead atoms. The van der Waals surface area contributed by atoms with Crippen molar-refractivity contribution in [3.63, 3.8) is 0 Å². The van der Waals surface area contributed by atoms with Gasteiger partial charge in [-0.3, -0.25) is 19.7 Å². The average molecular weight is 355 g/mol. The minimum absolute atomic E-state index is 0.0817. The fraction of sp³-hybridized carbons (Fsp3) is 0.222. The Morgan fingerprint density at radius 2 is 2.00 bits per heavy atom. The molecule has 2 aromatic carbocycles. The first kappa shape index (κ1) is 17.4. The predicted octanol–water partition coefficient (Wildman–Crippen LogP) is 2.14. The summed E-state index contributed by atoms with van der Waals surface area (Å²) in [7, 11) is 1.55. The van der Waals surface area contributed by atoms with Crippen molar-refractivity contribution in [1.82, 2.24) is 5.32 Å². The van der Waals surface area contributed by atoms with Crippen LogP contribution in [-0.4, -0.2) is 36.4 Å². The van der Waals surface area contributed by atoms with Gasteiger partial charge in [0.05, 0.1) is 18.1 Å². The molecule has 1 unspecified atom stereocenters. The molecule has 0 aromatic heterocycles. The van der Waals surface area contributed by atoms with Gasteiger partial charge in [-0.15, -0.1) is 0 Å². The van der Waals surface area contributed by atoms with Crippen molar-refractivity contribution in [2.24, 2.45) is 0 Å². The van der Waals surface area contributed by atoms with E-state index < -0.39 is 4.92 Å². The van der Waals surface area contributed by atoms with E-state index >= 15 is 0 Å². The summed E-state index contributed by atoms with van der Waals surface area (Å²) in [5.41, 5.74) is 0.936. The first-order valence-corrected chi connectivity index (χ1v) is 7.97. The van der Waals surface area contributed by atoms with Crippen molar-refractivity contribution < 1.29 is 19.2 Å². The highest BCUT2D eigenvalue weighted by molar-refractivity contribution is 5.99. The Morgan fingerprint density at radius 3 is 2.65 bits per heavy atom. The Kier molecular flexibility index (Phi) is 4.83. The van der Waals surface area contributed by atoms with Crippen LogP contribution in [0.1, 0.15) is 16.8 Å². The summed E-state index contributed by atoms with van der Waals surface area (Å²) in [5.74, 6) is 0.186. The molecular formula is C18H17N3O5. The Labute approximate surface area is 149 Å². The zero-order valence-corrected chi connectivity index (χ0v) is 14.0. The number of rotatable bonds is 5. The molecule has 2 aromatic rings. The smallest absolute Gasteiger partial charge is 0.269 e. The fourth-order valence-corrected chi connectivity index (χ4v) is 2.84. The lowest BCUT2D eigenvalue weighted by Crippen LogP contribution is -2.37. The molecule has 1 saturated heterocycles. The summed E-state index contributed by atoms with van der Waals surface area (Å²) < 4.78 is 5.17. The number of carbonyl (C=O) groups excluding carboxylic acids is 2. The standard InChI is InChI=1S/C18H17N3O5/c1-26-16-4-2-3-15(10-16)20-11-13(9-17(20)22)19-18(23)12-5-7-14(8-6-12)21(24)25/h2-8,10,13H,9,11H2,1H3,(H,19,23). The Morgan fingerprint density at radius 1 is 1.27 bits per heavy atom. The molecule has 1 aliphatic rings. The molecule has 26 heavy (non-hydrogen) atoms. The Bertz CT molecular complexity index is 850. The summed E-state index contributed by atoms with van der Waals surface area (Å²) in [6.07, 6.45) is 0.190. The van der Waals surface area contributed by atoms with E-state index in [0.29, 0.717) is 23.5 Å². The second-order valence-corrected chi connectivity index (χ2v) is 5.88. The molecule has 3 rings (SSSR count). The molecule has 1 atom stereocenters. The highest BCUT2D eigenvalue weighted by Crippen LogP contribution is 2.25. The molecule has 1 heterocycles. The lowest BCUT2D eigenvalue weighted by Gasteiger charge is -2.18. The summed E-state index contributed by atoms with van der Waals surface area (Å²) in [6.45, 7) is 0.352. The van der Waals surface area contributed by atoms with E-state index in [2.05, 4.69) is 5.32 Å². The van der Waals surface area contributed by atoms with Crippen LogP contribution in [0.15, 0.2) is 48.5 Å². The second-order valence-electron chi connectivity index (χ2n) is 5.88. The van der Waals surface area contributed by atoms with Gasteiger partial charge in [0.2, 0.25) is 5.91 Å². The molecule has 1 fully saturated rings. The van der Waals surface area contributed by atoms with Crippen LogP contribution < -0.4 is 15.0 Å². The monoisotopic (exact) mass is 355 g/mol. The van der Waals surface area contributed by atoms with Crippen molar-refractivity contribution in [1.29, 1.82) is 0 Å². The second kappa shape index (κ2) is 7.22. The van der Waals surface area contributed by atoms with Gasteiger partial charge in [0.25, 0.3) is 11.6 Å². The number of nitrogens with one attached hydrogen (secondary N) is 1. The summed E-state index contributed by atoms with van der Waals surface area (Å²) in [6, 6.07) is 12.2. The third-order valence-electron chi connectivity index (χ3n) is 4.17. The molecule has 8 nitrogen and oxygen atoms in total. The molecule has 1 N–H and O–H groups in total. The number of ether oxygens (including phenoxy) is 1. The van der Waals surface area contributed by atoms with Gasteiger partial charge in [-0.05, 0) is 24.3 Å². The minimum Gasteiger partial charge on any atom is -0.497 e. The average Bonchev–Trinajstić information content (AvgIpc) is 3.02. The third-order valence-corrected chi connectivity index (χ3v) is 4.17. The maximum atomic E-state index is 12.3. The number of amides is 2. The number of nitro benzene ring substituents is 1. The van der Waals surface area contributed by atoms with E-state index in [9.17, 15) is 19.7 Å². The lowest BCUT2D eigenvalue weighted by atomic mass is 10.1. The van der Waals surface area contributed by atoms with Gasteiger partial charge >= 0.3 is 0 Å². The minimum atomic E-state index is -0.524. The molecular weight excluding hydrogens is 338 g/mol. The van der Waals surface area contributed by atoms with Gasteiger partial charge in [-0.2, -0.15) is 0 Å². The zero-order chi connectivity index (χ0) is 18.7. The highest BCUT2D eigenvalue weighted by atomic mass is 16.6. The fourth-order valence-electron chi connectivity index (χ4n) is 2.84. The quantitative estimate of drug-likeness (QED) is 0.654. The van der Waals surface area contributed by atoms with Crippen LogP contribution >= 0.6 is 0 Å². The number of anilines is 1. The summed E-state index contributed by atoms with van der Waals surface area (Å²) in [4.78, 5) is 36.3. The number of carbonyl (C=O) groups is 2. The van der Waals surface area contributed by atoms with Crippen LogP contribution in [0, 0.1) is 10.1 Å². The summed E-state index contributed by atoms with van der Waals surface area (Å²) >= 11 is 0. The van der Waals surface area contributed by atoms with Gasteiger partial charge < -0.3 is 15.0 Å². The van der Waals surface area contributed by atoms with E-state index in [0.717, 1.165) is 0 Å². The highest BCUT2D eigenvalue weighted by Gasteiger charge is 2.32. The number of nitro groups is 1. The van der Waals surface area contributed by atoms with Crippen LogP contribution in [0.25, 0.3) is 0 Å². The lowest BCUT2D eigenvalue weighted by molar-refractivity contribution is -0.384. The number of non-ortho nitro benzene ring substituents is 1. The predicted molar refractivity (Wildman–Crippen MR) is 94.3 cm³/mol. The maximum absolute atomic E-state index is 12.3. The van der Waals surface area contributed by atoms with Gasteiger partial charge in [0.15, 0.2) is 0 Å². The topological polar surface area (TPSA) is 102 Å². The molecule has 134 valence electrons. The Hall–Kier alpha value is -3.42. The van der Waals surface area contributed by atoms with E-state index in [-0.39, 0.29) is 30.0 Å². The zero-order valence-electron chi connectivity index (χ0n) is 14.0. The van der Waals surface area contributed by atoms with Gasteiger partial charge in [-0.1, -0.05) is 6.07 Å². The van der Waals surface area contributed by atoms with Gasteiger partial charge in [0, 0.05) is 42.4 Å².